The van der Waals surface area contributed by atoms with Crippen LogP contribution in [0.5, 0.6) is 0 Å². The van der Waals surface area contributed by atoms with Gasteiger partial charge in [-0.25, -0.2) is 4.98 Å². The number of nitrogens with zero attached hydrogens (tertiary/aromatic N) is 4. The number of piperidine rings is 1. The van der Waals surface area contributed by atoms with E-state index < -0.39 is 5.60 Å². The molecule has 3 fully saturated rings. The largest absolute Gasteiger partial charge is 0.387 e. The average molecular weight is 467 g/mol. The number of carbonyl (C=O) groups excluding carboxylic acids is 1. The summed E-state index contributed by atoms with van der Waals surface area (Å²) in [4.78, 5) is 37.1. The second-order valence-corrected chi connectivity index (χ2v) is 11.2. The molecule has 0 aromatic carbocycles. The lowest BCUT2D eigenvalue weighted by Gasteiger charge is -2.52. The summed E-state index contributed by atoms with van der Waals surface area (Å²) in [6.45, 7) is 3.44. The molecule has 2 aliphatic carbocycles. The SMILES string of the molecule is CC(CC1CCCCC1)C(=O)N1CCC(O)(Cn2cnc3ccncc3c2=O)C2(CCCC2)C1. The summed E-state index contributed by atoms with van der Waals surface area (Å²) in [6.07, 6.45) is 16.5. The van der Waals surface area contributed by atoms with Gasteiger partial charge >= 0.3 is 0 Å². The molecule has 1 spiro atoms. The first-order valence-electron chi connectivity index (χ1n) is 13.2. The fourth-order valence-electron chi connectivity index (χ4n) is 7.02. The zero-order valence-electron chi connectivity index (χ0n) is 20.4. The van der Waals surface area contributed by atoms with Gasteiger partial charge in [0, 0.05) is 36.8 Å². The molecule has 1 saturated heterocycles. The number of aliphatic hydroxyl groups is 1. The molecular formula is C27H38N4O3. The van der Waals surface area contributed by atoms with E-state index in [2.05, 4.69) is 16.9 Å². The Morgan fingerprint density at radius 3 is 2.71 bits per heavy atom. The maximum absolute atomic E-state index is 13.5. The van der Waals surface area contributed by atoms with Crippen LogP contribution in [0.3, 0.4) is 0 Å². The molecule has 3 heterocycles. The van der Waals surface area contributed by atoms with Crippen LogP contribution in [0.15, 0.2) is 29.6 Å². The molecule has 3 aliphatic rings. The Kier molecular flexibility index (Phi) is 6.49. The molecule has 2 saturated carbocycles. The number of carbonyl (C=O) groups is 1. The molecule has 34 heavy (non-hydrogen) atoms. The number of aromatic nitrogens is 3. The number of rotatable bonds is 5. The first-order valence-corrected chi connectivity index (χ1v) is 13.2. The second-order valence-electron chi connectivity index (χ2n) is 11.2. The van der Waals surface area contributed by atoms with Gasteiger partial charge in [0.15, 0.2) is 0 Å². The van der Waals surface area contributed by atoms with Gasteiger partial charge in [-0.15, -0.1) is 0 Å². The average Bonchev–Trinajstić information content (AvgIpc) is 3.33. The van der Waals surface area contributed by atoms with Crippen molar-refractivity contribution in [2.24, 2.45) is 17.3 Å². The molecule has 2 unspecified atom stereocenters. The van der Waals surface area contributed by atoms with Gasteiger partial charge in [-0.1, -0.05) is 51.9 Å². The minimum atomic E-state index is -1.03. The van der Waals surface area contributed by atoms with Crippen molar-refractivity contribution in [1.29, 1.82) is 0 Å². The number of likely N-dealkylation sites (tertiary alicyclic amines) is 1. The first-order chi connectivity index (χ1) is 16.4. The summed E-state index contributed by atoms with van der Waals surface area (Å²) in [5, 5.41) is 12.5. The third-order valence-corrected chi connectivity index (χ3v) is 9.04. The molecule has 0 radical (unpaired) electrons. The lowest BCUT2D eigenvalue weighted by Crippen LogP contribution is -2.62. The molecule has 0 bridgehead atoms. The van der Waals surface area contributed by atoms with Crippen LogP contribution in [-0.4, -0.2) is 49.1 Å². The van der Waals surface area contributed by atoms with Crippen LogP contribution >= 0.6 is 0 Å². The van der Waals surface area contributed by atoms with Crippen molar-refractivity contribution in [2.45, 2.75) is 89.7 Å². The van der Waals surface area contributed by atoms with E-state index in [1.54, 1.807) is 29.4 Å². The van der Waals surface area contributed by atoms with Crippen molar-refractivity contribution in [3.8, 4) is 0 Å². The quantitative estimate of drug-likeness (QED) is 0.722. The van der Waals surface area contributed by atoms with Gasteiger partial charge in [-0.05, 0) is 37.7 Å². The highest BCUT2D eigenvalue weighted by atomic mass is 16.3. The van der Waals surface area contributed by atoms with Crippen molar-refractivity contribution >= 4 is 16.8 Å². The van der Waals surface area contributed by atoms with Gasteiger partial charge in [0.1, 0.15) is 0 Å². The molecule has 1 aliphatic heterocycles. The topological polar surface area (TPSA) is 88.3 Å². The first kappa shape index (κ1) is 23.5. The van der Waals surface area contributed by atoms with Crippen LogP contribution in [0.1, 0.15) is 77.6 Å². The Bertz CT molecular complexity index is 1090. The van der Waals surface area contributed by atoms with Gasteiger partial charge in [0.25, 0.3) is 5.56 Å². The maximum atomic E-state index is 13.5. The molecule has 7 nitrogen and oxygen atoms in total. The van der Waals surface area contributed by atoms with Gasteiger partial charge in [-0.3, -0.25) is 19.1 Å². The van der Waals surface area contributed by atoms with E-state index in [1.165, 1.54) is 32.1 Å². The summed E-state index contributed by atoms with van der Waals surface area (Å²) in [7, 11) is 0. The Morgan fingerprint density at radius 2 is 1.94 bits per heavy atom. The minimum absolute atomic E-state index is 0.0348. The van der Waals surface area contributed by atoms with Crippen molar-refractivity contribution in [3.63, 3.8) is 0 Å². The summed E-state index contributed by atoms with van der Waals surface area (Å²) < 4.78 is 1.55. The third-order valence-electron chi connectivity index (χ3n) is 9.04. The van der Waals surface area contributed by atoms with E-state index in [0.29, 0.717) is 36.3 Å². The Hall–Kier alpha value is -2.28. The second kappa shape index (κ2) is 9.40. The maximum Gasteiger partial charge on any atom is 0.262 e. The smallest absolute Gasteiger partial charge is 0.262 e. The van der Waals surface area contributed by atoms with Gasteiger partial charge < -0.3 is 10.0 Å². The molecular weight excluding hydrogens is 428 g/mol. The fraction of sp³-hybridized carbons (Fsp3) is 0.704. The monoisotopic (exact) mass is 466 g/mol. The lowest BCUT2D eigenvalue weighted by molar-refractivity contribution is -0.163. The molecule has 5 rings (SSSR count). The van der Waals surface area contributed by atoms with E-state index in [4.69, 9.17) is 0 Å². The molecule has 2 atom stereocenters. The predicted molar refractivity (Wildman–Crippen MR) is 131 cm³/mol. The number of hydrogen-bond acceptors (Lipinski definition) is 5. The van der Waals surface area contributed by atoms with Crippen LogP contribution in [0.25, 0.3) is 10.9 Å². The van der Waals surface area contributed by atoms with Crippen LogP contribution in [0.2, 0.25) is 0 Å². The standard InChI is InChI=1S/C27H38N4O3/c1-20(15-21-7-3-2-4-8-21)24(32)30-14-12-27(34,26(17-30)10-5-6-11-26)18-31-19-29-23-9-13-28-16-22(23)25(31)33/h9,13,16,19-21,34H,2-8,10-12,14-15,17-18H2,1H3. The van der Waals surface area contributed by atoms with Crippen molar-refractivity contribution < 1.29 is 9.90 Å². The highest BCUT2D eigenvalue weighted by molar-refractivity contribution is 5.79. The number of hydrogen-bond donors (Lipinski definition) is 1. The van der Waals surface area contributed by atoms with Crippen LogP contribution in [0.4, 0.5) is 0 Å². The summed E-state index contributed by atoms with van der Waals surface area (Å²) in [5.41, 5.74) is -0.950. The normalized spacial score (nSPS) is 26.2. The zero-order chi connectivity index (χ0) is 23.8. The molecule has 184 valence electrons. The third kappa shape index (κ3) is 4.28. The Balaban J connectivity index is 1.34. The highest BCUT2D eigenvalue weighted by Gasteiger charge is 2.55. The van der Waals surface area contributed by atoms with Gasteiger partial charge in [-0.2, -0.15) is 0 Å². The van der Waals surface area contributed by atoms with Crippen LogP contribution in [0, 0.1) is 17.3 Å². The molecule has 7 heteroatoms. The fourth-order valence-corrected chi connectivity index (χ4v) is 7.02. The number of pyridine rings is 1. The van der Waals surface area contributed by atoms with E-state index in [1.807, 2.05) is 4.90 Å². The van der Waals surface area contributed by atoms with Crippen molar-refractivity contribution in [3.05, 3.63) is 35.1 Å². The molecule has 1 N–H and O–H groups in total. The summed E-state index contributed by atoms with van der Waals surface area (Å²) in [5.74, 6) is 0.957. The molecule has 2 aromatic rings. The molecule has 1 amide bonds. The number of fused-ring (bicyclic) bond motifs is 1. The zero-order valence-corrected chi connectivity index (χ0v) is 20.4. The molecule has 2 aromatic heterocycles. The Labute approximate surface area is 201 Å². The van der Waals surface area contributed by atoms with Crippen LogP contribution in [-0.2, 0) is 11.3 Å². The predicted octanol–water partition coefficient (Wildman–Crippen LogP) is 3.92. The van der Waals surface area contributed by atoms with E-state index in [0.717, 1.165) is 32.1 Å². The van der Waals surface area contributed by atoms with Crippen molar-refractivity contribution in [1.82, 2.24) is 19.4 Å². The van der Waals surface area contributed by atoms with Crippen molar-refractivity contribution in [2.75, 3.05) is 13.1 Å². The van der Waals surface area contributed by atoms with Gasteiger partial charge in [0.2, 0.25) is 5.91 Å². The summed E-state index contributed by atoms with van der Waals surface area (Å²) in [6, 6.07) is 1.73. The Morgan fingerprint density at radius 1 is 1.18 bits per heavy atom. The number of amides is 1. The minimum Gasteiger partial charge on any atom is -0.387 e. The van der Waals surface area contributed by atoms with E-state index in [9.17, 15) is 14.7 Å². The summed E-state index contributed by atoms with van der Waals surface area (Å²) >= 11 is 0. The lowest BCUT2D eigenvalue weighted by atomic mass is 9.65. The van der Waals surface area contributed by atoms with Crippen LogP contribution < -0.4 is 5.56 Å². The van der Waals surface area contributed by atoms with Gasteiger partial charge in [0.05, 0.1) is 29.4 Å². The van der Waals surface area contributed by atoms with E-state index >= 15 is 0 Å². The van der Waals surface area contributed by atoms with E-state index in [-0.39, 0.29) is 29.3 Å². The highest BCUT2D eigenvalue weighted by Crippen LogP contribution is 2.51.